The van der Waals surface area contributed by atoms with Gasteiger partial charge in [-0.25, -0.2) is 4.39 Å². The van der Waals surface area contributed by atoms with Crippen LogP contribution in [0, 0.1) is 5.82 Å². The number of fused-ring (bicyclic) bond motifs is 1. The number of halogens is 1. The smallest absolute Gasteiger partial charge is 0.259 e. The Balaban J connectivity index is 1.53. The Morgan fingerprint density at radius 2 is 1.81 bits per heavy atom. The summed E-state index contributed by atoms with van der Waals surface area (Å²) in [4.78, 5) is 38.9. The van der Waals surface area contributed by atoms with Crippen LogP contribution in [0.4, 0.5) is 21.5 Å². The number of benzene rings is 3. The van der Waals surface area contributed by atoms with Crippen molar-refractivity contribution in [3.05, 3.63) is 83.7 Å². The van der Waals surface area contributed by atoms with E-state index in [1.54, 1.807) is 48.5 Å². The zero-order chi connectivity index (χ0) is 22.0. The number of hydrogen-bond donors (Lipinski definition) is 2. The molecule has 0 atom stereocenters. The van der Waals surface area contributed by atoms with Gasteiger partial charge in [0.1, 0.15) is 18.1 Å². The molecule has 1 aliphatic heterocycles. The maximum absolute atomic E-state index is 13.5. The highest BCUT2D eigenvalue weighted by atomic mass is 19.1. The van der Waals surface area contributed by atoms with Crippen LogP contribution in [0.5, 0.6) is 5.75 Å². The number of methoxy groups -OCH3 is 1. The van der Waals surface area contributed by atoms with Crippen molar-refractivity contribution >= 4 is 34.8 Å². The lowest BCUT2D eigenvalue weighted by Crippen LogP contribution is -2.42. The van der Waals surface area contributed by atoms with Gasteiger partial charge in [0.05, 0.1) is 24.0 Å². The van der Waals surface area contributed by atoms with Crippen LogP contribution < -0.4 is 20.3 Å². The van der Waals surface area contributed by atoms with Gasteiger partial charge in [0, 0.05) is 11.3 Å². The lowest BCUT2D eigenvalue weighted by atomic mass is 10.1. The summed E-state index contributed by atoms with van der Waals surface area (Å²) >= 11 is 0. The molecular weight excluding hydrogens is 401 g/mol. The molecule has 0 bridgehead atoms. The molecule has 8 heteroatoms. The summed E-state index contributed by atoms with van der Waals surface area (Å²) in [5.74, 6) is -1.48. The molecule has 0 spiro atoms. The summed E-state index contributed by atoms with van der Waals surface area (Å²) < 4.78 is 18.6. The molecule has 0 saturated heterocycles. The fourth-order valence-corrected chi connectivity index (χ4v) is 3.32. The number of carbonyl (C=O) groups is 3. The van der Waals surface area contributed by atoms with Gasteiger partial charge < -0.3 is 15.4 Å². The third-order valence-corrected chi connectivity index (χ3v) is 4.81. The van der Waals surface area contributed by atoms with E-state index in [1.807, 2.05) is 0 Å². The van der Waals surface area contributed by atoms with Crippen molar-refractivity contribution in [2.75, 3.05) is 29.2 Å². The minimum absolute atomic E-state index is 0.0542. The van der Waals surface area contributed by atoms with E-state index < -0.39 is 11.7 Å². The highest BCUT2D eigenvalue weighted by Crippen LogP contribution is 2.30. The fourth-order valence-electron chi connectivity index (χ4n) is 3.32. The largest absolute Gasteiger partial charge is 0.496 e. The minimum Gasteiger partial charge on any atom is -0.496 e. The molecule has 0 aliphatic carbocycles. The third kappa shape index (κ3) is 4.09. The highest BCUT2D eigenvalue weighted by molar-refractivity contribution is 6.15. The number of carbonyl (C=O) groups excluding carboxylic acids is 3. The maximum atomic E-state index is 13.5. The van der Waals surface area contributed by atoms with Crippen molar-refractivity contribution in [3.8, 4) is 5.75 Å². The average molecular weight is 419 g/mol. The lowest BCUT2D eigenvalue weighted by molar-refractivity contribution is -0.115. The van der Waals surface area contributed by atoms with Crippen molar-refractivity contribution in [1.29, 1.82) is 0 Å². The van der Waals surface area contributed by atoms with Gasteiger partial charge in [-0.15, -0.1) is 0 Å². The Kier molecular flexibility index (Phi) is 5.36. The molecule has 3 aromatic carbocycles. The standard InChI is InChI=1S/C23H18FN3O4/c1-31-20-11-8-15(24)12-17(20)22(29)25-16-9-6-14(7-10-16)23(30)27-13-21(28)26-18-4-2-3-5-19(18)27/h2-12H,13H2,1H3,(H,25,29)(H,26,28). The lowest BCUT2D eigenvalue weighted by Gasteiger charge is -2.29. The van der Waals surface area contributed by atoms with E-state index in [2.05, 4.69) is 10.6 Å². The fraction of sp³-hybridized carbons (Fsp3) is 0.0870. The van der Waals surface area contributed by atoms with E-state index in [0.29, 0.717) is 22.6 Å². The molecule has 7 nitrogen and oxygen atoms in total. The number of anilines is 3. The molecule has 31 heavy (non-hydrogen) atoms. The zero-order valence-electron chi connectivity index (χ0n) is 16.5. The molecule has 3 aromatic rings. The summed E-state index contributed by atoms with van der Waals surface area (Å²) in [6, 6.07) is 16.9. The van der Waals surface area contributed by atoms with Crippen LogP contribution in [0.3, 0.4) is 0 Å². The van der Waals surface area contributed by atoms with Gasteiger partial charge in [0.25, 0.3) is 11.8 Å². The van der Waals surface area contributed by atoms with E-state index >= 15 is 0 Å². The summed E-state index contributed by atoms with van der Waals surface area (Å²) in [6.07, 6.45) is 0. The first-order valence-corrected chi connectivity index (χ1v) is 9.42. The van der Waals surface area contributed by atoms with Gasteiger partial charge in [0.15, 0.2) is 0 Å². The van der Waals surface area contributed by atoms with Crippen molar-refractivity contribution in [1.82, 2.24) is 0 Å². The molecule has 2 N–H and O–H groups in total. The first-order chi connectivity index (χ1) is 15.0. The first-order valence-electron chi connectivity index (χ1n) is 9.42. The zero-order valence-corrected chi connectivity index (χ0v) is 16.5. The minimum atomic E-state index is -0.558. The molecule has 156 valence electrons. The van der Waals surface area contributed by atoms with E-state index in [0.717, 1.165) is 6.07 Å². The monoisotopic (exact) mass is 419 g/mol. The van der Waals surface area contributed by atoms with Crippen LogP contribution in [-0.2, 0) is 4.79 Å². The molecular formula is C23H18FN3O4. The van der Waals surface area contributed by atoms with Crippen LogP contribution in [-0.4, -0.2) is 31.4 Å². The van der Waals surface area contributed by atoms with Crippen molar-refractivity contribution < 1.29 is 23.5 Å². The quantitative estimate of drug-likeness (QED) is 0.675. The topological polar surface area (TPSA) is 87.7 Å². The Hall–Kier alpha value is -4.20. The maximum Gasteiger partial charge on any atom is 0.259 e. The predicted molar refractivity (Wildman–Crippen MR) is 114 cm³/mol. The molecule has 4 rings (SSSR count). The molecule has 0 aromatic heterocycles. The predicted octanol–water partition coefficient (Wildman–Crippen LogP) is 3.69. The van der Waals surface area contributed by atoms with Gasteiger partial charge >= 0.3 is 0 Å². The van der Waals surface area contributed by atoms with Gasteiger partial charge in [0.2, 0.25) is 5.91 Å². The average Bonchev–Trinajstić information content (AvgIpc) is 2.78. The summed E-state index contributed by atoms with van der Waals surface area (Å²) in [5.41, 5.74) is 2.01. The second-order valence-corrected chi connectivity index (χ2v) is 6.83. The number of hydrogen-bond acceptors (Lipinski definition) is 4. The second-order valence-electron chi connectivity index (χ2n) is 6.83. The number of rotatable bonds is 4. The van der Waals surface area contributed by atoms with Crippen LogP contribution in [0.1, 0.15) is 20.7 Å². The number of para-hydroxylation sites is 2. The Bertz CT molecular complexity index is 1180. The van der Waals surface area contributed by atoms with Gasteiger partial charge in [-0.1, -0.05) is 12.1 Å². The van der Waals surface area contributed by atoms with E-state index in [4.69, 9.17) is 4.74 Å². The summed E-state index contributed by atoms with van der Waals surface area (Å²) in [5, 5.41) is 5.39. The highest BCUT2D eigenvalue weighted by Gasteiger charge is 2.27. The molecule has 1 heterocycles. The van der Waals surface area contributed by atoms with Crippen LogP contribution in [0.15, 0.2) is 66.7 Å². The van der Waals surface area contributed by atoms with E-state index in [-0.39, 0.29) is 29.7 Å². The van der Waals surface area contributed by atoms with Gasteiger partial charge in [-0.05, 0) is 54.6 Å². The van der Waals surface area contributed by atoms with Gasteiger partial charge in [-0.2, -0.15) is 0 Å². The Labute approximate surface area is 177 Å². The molecule has 0 saturated carbocycles. The number of amides is 3. The van der Waals surface area contributed by atoms with E-state index in [9.17, 15) is 18.8 Å². The number of nitrogens with one attached hydrogen (secondary N) is 2. The Morgan fingerprint density at radius 3 is 2.55 bits per heavy atom. The second kappa shape index (κ2) is 8.27. The third-order valence-electron chi connectivity index (χ3n) is 4.81. The first kappa shape index (κ1) is 20.1. The number of ether oxygens (including phenoxy) is 1. The Morgan fingerprint density at radius 1 is 1.06 bits per heavy atom. The molecule has 3 amide bonds. The van der Waals surface area contributed by atoms with Crippen LogP contribution in [0.2, 0.25) is 0 Å². The molecule has 1 aliphatic rings. The van der Waals surface area contributed by atoms with Crippen LogP contribution in [0.25, 0.3) is 0 Å². The molecule has 0 fully saturated rings. The van der Waals surface area contributed by atoms with Gasteiger partial charge in [-0.3, -0.25) is 19.3 Å². The van der Waals surface area contributed by atoms with E-state index in [1.165, 1.54) is 24.1 Å². The van der Waals surface area contributed by atoms with Crippen molar-refractivity contribution in [2.24, 2.45) is 0 Å². The summed E-state index contributed by atoms with van der Waals surface area (Å²) in [7, 11) is 1.39. The van der Waals surface area contributed by atoms with Crippen molar-refractivity contribution in [2.45, 2.75) is 0 Å². The van der Waals surface area contributed by atoms with Crippen LogP contribution >= 0.6 is 0 Å². The van der Waals surface area contributed by atoms with Crippen molar-refractivity contribution in [3.63, 3.8) is 0 Å². The number of nitrogens with zero attached hydrogens (tertiary/aromatic N) is 1. The summed E-state index contributed by atoms with van der Waals surface area (Å²) in [6.45, 7) is -0.0896. The normalized spacial score (nSPS) is 12.6. The molecule has 0 radical (unpaired) electrons. The molecule has 0 unspecified atom stereocenters. The SMILES string of the molecule is COc1ccc(F)cc1C(=O)Nc1ccc(C(=O)N2CC(=O)Nc3ccccc32)cc1.